The number of benzene rings is 2. The van der Waals surface area contributed by atoms with E-state index in [4.69, 9.17) is 5.11 Å². The van der Waals surface area contributed by atoms with E-state index in [0.29, 0.717) is 12.0 Å². The third kappa shape index (κ3) is 2.01. The van der Waals surface area contributed by atoms with Gasteiger partial charge in [0.05, 0.1) is 5.56 Å². The summed E-state index contributed by atoms with van der Waals surface area (Å²) in [4.78, 5) is 23.6. The molecule has 0 atom stereocenters. The van der Waals surface area contributed by atoms with E-state index in [9.17, 15) is 9.59 Å². The molecule has 2 aromatic rings. The molecule has 3 rings (SSSR count). The average Bonchev–Trinajstić information content (AvgIpc) is 2.56. The Morgan fingerprint density at radius 1 is 1.00 bits per heavy atom. The average molecular weight is 266 g/mol. The summed E-state index contributed by atoms with van der Waals surface area (Å²) in [5, 5.41) is 9.05. The van der Waals surface area contributed by atoms with Gasteiger partial charge in [-0.1, -0.05) is 23.8 Å². The van der Waals surface area contributed by atoms with Gasteiger partial charge < -0.3 is 5.11 Å². The molecule has 0 radical (unpaired) electrons. The Bertz CT molecular complexity index is 729. The van der Waals surface area contributed by atoms with Gasteiger partial charge in [-0.05, 0) is 49.1 Å². The lowest BCUT2D eigenvalue weighted by molar-refractivity contribution is 0.0696. The molecule has 1 aliphatic rings. The highest BCUT2D eigenvalue weighted by Gasteiger charge is 2.22. The molecular weight excluding hydrogens is 252 g/mol. The summed E-state index contributed by atoms with van der Waals surface area (Å²) in [5.74, 6) is -0.970. The van der Waals surface area contributed by atoms with Crippen molar-refractivity contribution in [3.63, 3.8) is 0 Å². The zero-order valence-corrected chi connectivity index (χ0v) is 11.1. The molecule has 0 bridgehead atoms. The predicted octanol–water partition coefficient (Wildman–Crippen LogP) is 3.02. The van der Waals surface area contributed by atoms with Crippen LogP contribution in [0.4, 0.5) is 0 Å². The quantitative estimate of drug-likeness (QED) is 0.863. The molecule has 0 saturated heterocycles. The van der Waals surface area contributed by atoms with Crippen molar-refractivity contribution >= 4 is 11.8 Å². The third-order valence-corrected chi connectivity index (χ3v) is 3.77. The maximum Gasteiger partial charge on any atom is 0.335 e. The summed E-state index contributed by atoms with van der Waals surface area (Å²) in [6.07, 6.45) is 1.46. The largest absolute Gasteiger partial charge is 0.478 e. The van der Waals surface area contributed by atoms with Gasteiger partial charge in [0.15, 0.2) is 5.78 Å². The van der Waals surface area contributed by atoms with Crippen molar-refractivity contribution in [2.75, 3.05) is 0 Å². The number of carboxylic acids is 1. The van der Waals surface area contributed by atoms with Crippen LogP contribution in [0, 0.1) is 6.92 Å². The molecule has 100 valence electrons. The second-order valence-electron chi connectivity index (χ2n) is 5.17. The van der Waals surface area contributed by atoms with Gasteiger partial charge in [0, 0.05) is 11.1 Å². The monoisotopic (exact) mass is 266 g/mol. The Kier molecular flexibility index (Phi) is 2.90. The number of carbonyl (C=O) groups is 2. The molecule has 1 N–H and O–H groups in total. The Labute approximate surface area is 116 Å². The fourth-order valence-corrected chi connectivity index (χ4v) is 2.72. The second kappa shape index (κ2) is 4.60. The van der Waals surface area contributed by atoms with Crippen LogP contribution in [-0.2, 0) is 12.8 Å². The van der Waals surface area contributed by atoms with Crippen LogP contribution in [0.15, 0.2) is 36.4 Å². The number of aryl methyl sites for hydroxylation is 3. The molecule has 0 amide bonds. The summed E-state index contributed by atoms with van der Waals surface area (Å²) in [5.41, 5.74) is 4.59. The first-order chi connectivity index (χ1) is 9.56. The van der Waals surface area contributed by atoms with Gasteiger partial charge in [-0.25, -0.2) is 4.79 Å². The smallest absolute Gasteiger partial charge is 0.335 e. The molecule has 3 nitrogen and oxygen atoms in total. The van der Waals surface area contributed by atoms with Crippen molar-refractivity contribution < 1.29 is 14.7 Å². The van der Waals surface area contributed by atoms with Gasteiger partial charge in [-0.2, -0.15) is 0 Å². The maximum absolute atomic E-state index is 12.6. The first-order valence-corrected chi connectivity index (χ1v) is 6.57. The van der Waals surface area contributed by atoms with Gasteiger partial charge in [-0.15, -0.1) is 0 Å². The van der Waals surface area contributed by atoms with Crippen molar-refractivity contribution in [1.29, 1.82) is 0 Å². The second-order valence-corrected chi connectivity index (χ2v) is 5.17. The van der Waals surface area contributed by atoms with E-state index >= 15 is 0 Å². The van der Waals surface area contributed by atoms with Crippen LogP contribution in [0.25, 0.3) is 0 Å². The molecule has 0 saturated carbocycles. The van der Waals surface area contributed by atoms with Crippen LogP contribution < -0.4 is 0 Å². The van der Waals surface area contributed by atoms with E-state index in [-0.39, 0.29) is 11.3 Å². The van der Waals surface area contributed by atoms with Gasteiger partial charge in [0.1, 0.15) is 0 Å². The third-order valence-electron chi connectivity index (χ3n) is 3.77. The van der Waals surface area contributed by atoms with Gasteiger partial charge in [0.25, 0.3) is 0 Å². The maximum atomic E-state index is 12.6. The zero-order valence-electron chi connectivity index (χ0n) is 11.1. The molecule has 0 heterocycles. The Morgan fingerprint density at radius 2 is 1.60 bits per heavy atom. The SMILES string of the molecule is Cc1ccc2c(c1)CCc1cc(C(=O)O)ccc1C2=O. The number of hydrogen-bond donors (Lipinski definition) is 1. The molecule has 0 unspecified atom stereocenters. The summed E-state index contributed by atoms with van der Waals surface area (Å²) in [6.45, 7) is 2.01. The van der Waals surface area contributed by atoms with E-state index in [1.807, 2.05) is 25.1 Å². The molecule has 0 aliphatic heterocycles. The molecular formula is C17H14O3. The van der Waals surface area contributed by atoms with Crippen molar-refractivity contribution in [1.82, 2.24) is 0 Å². The lowest BCUT2D eigenvalue weighted by Gasteiger charge is -2.06. The van der Waals surface area contributed by atoms with Crippen LogP contribution in [0.5, 0.6) is 0 Å². The van der Waals surface area contributed by atoms with Crippen molar-refractivity contribution in [3.8, 4) is 0 Å². The fourth-order valence-electron chi connectivity index (χ4n) is 2.72. The number of ketones is 1. The van der Waals surface area contributed by atoms with Crippen molar-refractivity contribution in [3.05, 3.63) is 69.8 Å². The van der Waals surface area contributed by atoms with Crippen LogP contribution in [0.2, 0.25) is 0 Å². The predicted molar refractivity (Wildman–Crippen MR) is 75.4 cm³/mol. The molecule has 3 heteroatoms. The van der Waals surface area contributed by atoms with Gasteiger partial charge in [0.2, 0.25) is 0 Å². The normalized spacial score (nSPS) is 13.3. The topological polar surface area (TPSA) is 54.4 Å². The first kappa shape index (κ1) is 12.6. The highest BCUT2D eigenvalue weighted by molar-refractivity contribution is 6.11. The lowest BCUT2D eigenvalue weighted by Crippen LogP contribution is -2.06. The van der Waals surface area contributed by atoms with E-state index in [1.165, 1.54) is 6.07 Å². The van der Waals surface area contributed by atoms with Crippen LogP contribution in [0.3, 0.4) is 0 Å². The van der Waals surface area contributed by atoms with E-state index < -0.39 is 5.97 Å². The Hall–Kier alpha value is -2.42. The van der Waals surface area contributed by atoms with Gasteiger partial charge >= 0.3 is 5.97 Å². The number of carbonyl (C=O) groups excluding carboxylic acids is 1. The van der Waals surface area contributed by atoms with E-state index in [1.54, 1.807) is 12.1 Å². The van der Waals surface area contributed by atoms with E-state index in [2.05, 4.69) is 0 Å². The van der Waals surface area contributed by atoms with Crippen LogP contribution in [0.1, 0.15) is 43.0 Å². The van der Waals surface area contributed by atoms with Crippen molar-refractivity contribution in [2.45, 2.75) is 19.8 Å². The number of fused-ring (bicyclic) bond motifs is 2. The highest BCUT2D eigenvalue weighted by Crippen LogP contribution is 2.26. The summed E-state index contributed by atoms with van der Waals surface area (Å²) in [6, 6.07) is 10.6. The molecule has 1 aliphatic carbocycles. The van der Waals surface area contributed by atoms with Crippen molar-refractivity contribution in [2.24, 2.45) is 0 Å². The summed E-state index contributed by atoms with van der Waals surface area (Å²) >= 11 is 0. The number of hydrogen-bond acceptors (Lipinski definition) is 2. The molecule has 0 fully saturated rings. The molecule has 0 aromatic heterocycles. The summed E-state index contributed by atoms with van der Waals surface area (Å²) < 4.78 is 0. The molecule has 2 aromatic carbocycles. The molecule has 20 heavy (non-hydrogen) atoms. The first-order valence-electron chi connectivity index (χ1n) is 6.57. The van der Waals surface area contributed by atoms with Gasteiger partial charge in [-0.3, -0.25) is 4.79 Å². The Balaban J connectivity index is 2.14. The van der Waals surface area contributed by atoms with E-state index in [0.717, 1.165) is 28.7 Å². The Morgan fingerprint density at radius 3 is 2.25 bits per heavy atom. The van der Waals surface area contributed by atoms with Crippen LogP contribution >= 0.6 is 0 Å². The number of aromatic carboxylic acids is 1. The van der Waals surface area contributed by atoms with Crippen LogP contribution in [-0.4, -0.2) is 16.9 Å². The minimum Gasteiger partial charge on any atom is -0.478 e. The summed E-state index contributed by atoms with van der Waals surface area (Å²) in [7, 11) is 0. The lowest BCUT2D eigenvalue weighted by atomic mass is 9.97. The number of rotatable bonds is 1. The zero-order chi connectivity index (χ0) is 14.3. The minimum atomic E-state index is -0.960. The number of carboxylic acid groups (broad SMARTS) is 1. The minimum absolute atomic E-state index is 0.00978. The molecule has 0 spiro atoms. The standard InChI is InChI=1S/C17H14O3/c1-10-2-6-14-11(8-10)3-4-12-9-13(17(19)20)5-7-15(12)16(14)18/h2,5-9H,3-4H2,1H3,(H,19,20). The fraction of sp³-hybridized carbons (Fsp3) is 0.176. The highest BCUT2D eigenvalue weighted by atomic mass is 16.4.